The highest BCUT2D eigenvalue weighted by molar-refractivity contribution is 5.78. The number of rotatable bonds is 4. The lowest BCUT2D eigenvalue weighted by molar-refractivity contribution is -0.159. The molecule has 0 aromatic carbocycles. The molecule has 1 saturated carbocycles. The zero-order valence-electron chi connectivity index (χ0n) is 7.46. The van der Waals surface area contributed by atoms with Gasteiger partial charge in [-0.1, -0.05) is 0 Å². The molecule has 1 aliphatic carbocycles. The maximum atomic E-state index is 11.0. The molecule has 1 rings (SSSR count). The van der Waals surface area contributed by atoms with Crippen molar-refractivity contribution in [2.24, 2.45) is 0 Å². The van der Waals surface area contributed by atoms with Crippen molar-refractivity contribution in [2.45, 2.75) is 31.4 Å². The van der Waals surface area contributed by atoms with Gasteiger partial charge in [-0.15, -0.1) is 0 Å². The fraction of sp³-hybridized carbons (Fsp3) is 0.875. The molecule has 0 spiro atoms. The highest BCUT2D eigenvalue weighted by Gasteiger charge is 2.33. The van der Waals surface area contributed by atoms with Gasteiger partial charge in [0.2, 0.25) is 0 Å². The van der Waals surface area contributed by atoms with Crippen LogP contribution in [0.4, 0.5) is 0 Å². The van der Waals surface area contributed by atoms with Crippen molar-refractivity contribution in [3.63, 3.8) is 0 Å². The molecule has 0 aliphatic heterocycles. The van der Waals surface area contributed by atoms with E-state index in [1.165, 1.54) is 14.0 Å². The molecule has 2 N–H and O–H groups in total. The van der Waals surface area contributed by atoms with Crippen molar-refractivity contribution in [2.75, 3.05) is 13.7 Å². The van der Waals surface area contributed by atoms with Gasteiger partial charge in [-0.3, -0.25) is 0 Å². The van der Waals surface area contributed by atoms with Gasteiger partial charge in [0, 0.05) is 12.6 Å². The Hall–Kier alpha value is -0.610. The highest BCUT2D eigenvalue weighted by Crippen LogP contribution is 2.19. The van der Waals surface area contributed by atoms with Crippen LogP contribution in [0.2, 0.25) is 0 Å². The molecular weight excluding hydrogens is 158 g/mol. The highest BCUT2D eigenvalue weighted by atomic mass is 16.5. The first kappa shape index (κ1) is 9.48. The molecule has 12 heavy (non-hydrogen) atoms. The second-order valence-electron chi connectivity index (χ2n) is 3.42. The summed E-state index contributed by atoms with van der Waals surface area (Å²) in [5.41, 5.74) is -1.39. The zero-order valence-corrected chi connectivity index (χ0v) is 7.46. The van der Waals surface area contributed by atoms with Crippen LogP contribution in [0.1, 0.15) is 19.8 Å². The van der Waals surface area contributed by atoms with Crippen molar-refractivity contribution >= 4 is 5.97 Å². The number of ether oxygens (including phenoxy) is 1. The summed E-state index contributed by atoms with van der Waals surface area (Å²) in [7, 11) is 1.27. The van der Waals surface area contributed by atoms with Gasteiger partial charge in [0.15, 0.2) is 5.60 Å². The Morgan fingerprint density at radius 1 is 1.75 bits per heavy atom. The maximum Gasteiger partial charge on any atom is 0.338 e. The summed E-state index contributed by atoms with van der Waals surface area (Å²) in [5, 5.41) is 12.6. The summed E-state index contributed by atoms with van der Waals surface area (Å²) in [4.78, 5) is 11.0. The summed E-state index contributed by atoms with van der Waals surface area (Å²) in [5.74, 6) is -0.587. The van der Waals surface area contributed by atoms with Gasteiger partial charge in [-0.05, 0) is 19.8 Å². The lowest BCUT2D eigenvalue weighted by Gasteiger charge is -2.20. The maximum absolute atomic E-state index is 11.0. The smallest absolute Gasteiger partial charge is 0.338 e. The predicted molar refractivity (Wildman–Crippen MR) is 43.7 cm³/mol. The van der Waals surface area contributed by atoms with E-state index in [-0.39, 0.29) is 6.54 Å². The largest absolute Gasteiger partial charge is 0.467 e. The number of nitrogens with one attached hydrogen (secondary N) is 1. The zero-order chi connectivity index (χ0) is 9.19. The minimum Gasteiger partial charge on any atom is -0.467 e. The number of carbonyl (C=O) groups is 1. The van der Waals surface area contributed by atoms with Gasteiger partial charge >= 0.3 is 5.97 Å². The molecule has 0 saturated heterocycles. The molecule has 0 amide bonds. The fourth-order valence-corrected chi connectivity index (χ4v) is 0.923. The normalized spacial score (nSPS) is 21.6. The fourth-order valence-electron chi connectivity index (χ4n) is 0.923. The summed E-state index contributed by atoms with van der Waals surface area (Å²) in [6.07, 6.45) is 2.27. The van der Waals surface area contributed by atoms with E-state index >= 15 is 0 Å². The summed E-state index contributed by atoms with van der Waals surface area (Å²) >= 11 is 0. The van der Waals surface area contributed by atoms with E-state index in [2.05, 4.69) is 10.1 Å². The lowest BCUT2D eigenvalue weighted by atomic mass is 10.1. The molecule has 1 aliphatic rings. The molecule has 70 valence electrons. The van der Waals surface area contributed by atoms with Gasteiger partial charge in [0.05, 0.1) is 7.11 Å². The molecular formula is C8H15NO3. The number of hydrogen-bond acceptors (Lipinski definition) is 4. The molecule has 0 aromatic heterocycles. The van der Waals surface area contributed by atoms with Crippen LogP contribution >= 0.6 is 0 Å². The first-order valence-electron chi connectivity index (χ1n) is 4.10. The predicted octanol–water partition coefficient (Wildman–Crippen LogP) is -0.338. The van der Waals surface area contributed by atoms with Crippen LogP contribution in [0.15, 0.2) is 0 Å². The number of esters is 1. The van der Waals surface area contributed by atoms with Crippen molar-refractivity contribution in [3.8, 4) is 0 Å². The van der Waals surface area contributed by atoms with Gasteiger partial charge in [0.1, 0.15) is 0 Å². The topological polar surface area (TPSA) is 58.6 Å². The average Bonchev–Trinajstić information content (AvgIpc) is 2.82. The minimum atomic E-state index is -1.39. The van der Waals surface area contributed by atoms with Crippen LogP contribution in [0, 0.1) is 0 Å². The van der Waals surface area contributed by atoms with Crippen LogP contribution in [0.25, 0.3) is 0 Å². The van der Waals surface area contributed by atoms with Crippen LogP contribution in [0.5, 0.6) is 0 Å². The lowest BCUT2D eigenvalue weighted by Crippen LogP contribution is -2.46. The summed E-state index contributed by atoms with van der Waals surface area (Å²) in [6, 6.07) is 0.487. The third-order valence-corrected chi connectivity index (χ3v) is 1.94. The number of aliphatic hydroxyl groups is 1. The Kier molecular flexibility index (Phi) is 2.69. The summed E-state index contributed by atoms with van der Waals surface area (Å²) in [6.45, 7) is 1.72. The SMILES string of the molecule is COC(=O)C(C)(O)CNC1CC1. The van der Waals surface area contributed by atoms with Crippen LogP contribution in [-0.4, -0.2) is 36.4 Å². The second kappa shape index (κ2) is 3.41. The van der Waals surface area contributed by atoms with Crippen molar-refractivity contribution in [1.29, 1.82) is 0 Å². The molecule has 4 heteroatoms. The number of hydrogen-bond donors (Lipinski definition) is 2. The van der Waals surface area contributed by atoms with Gasteiger partial charge < -0.3 is 15.2 Å². The Balaban J connectivity index is 2.29. The average molecular weight is 173 g/mol. The third kappa shape index (κ3) is 2.46. The minimum absolute atomic E-state index is 0.268. The molecule has 0 radical (unpaired) electrons. The van der Waals surface area contributed by atoms with E-state index in [0.29, 0.717) is 6.04 Å². The standard InChI is InChI=1S/C8H15NO3/c1-8(11,7(10)12-2)5-9-6-3-4-6/h6,9,11H,3-5H2,1-2H3. The van der Waals surface area contributed by atoms with Gasteiger partial charge in [-0.2, -0.15) is 0 Å². The molecule has 1 unspecified atom stereocenters. The van der Waals surface area contributed by atoms with Gasteiger partial charge in [0.25, 0.3) is 0 Å². The van der Waals surface area contributed by atoms with Crippen LogP contribution in [-0.2, 0) is 9.53 Å². The van der Waals surface area contributed by atoms with Crippen molar-refractivity contribution in [3.05, 3.63) is 0 Å². The van der Waals surface area contributed by atoms with E-state index in [1.807, 2.05) is 0 Å². The van der Waals surface area contributed by atoms with Crippen LogP contribution in [0.3, 0.4) is 0 Å². The van der Waals surface area contributed by atoms with E-state index in [0.717, 1.165) is 12.8 Å². The van der Waals surface area contributed by atoms with Crippen LogP contribution < -0.4 is 5.32 Å². The second-order valence-corrected chi connectivity index (χ2v) is 3.42. The summed E-state index contributed by atoms with van der Waals surface area (Å²) < 4.78 is 4.44. The third-order valence-electron chi connectivity index (χ3n) is 1.94. The first-order chi connectivity index (χ1) is 5.56. The Bertz CT molecular complexity index is 175. The Morgan fingerprint density at radius 3 is 2.75 bits per heavy atom. The van der Waals surface area contributed by atoms with Crippen molar-refractivity contribution in [1.82, 2.24) is 5.32 Å². The molecule has 0 heterocycles. The monoisotopic (exact) mass is 173 g/mol. The molecule has 4 nitrogen and oxygen atoms in total. The van der Waals surface area contributed by atoms with E-state index in [9.17, 15) is 9.90 Å². The molecule has 1 atom stereocenters. The Morgan fingerprint density at radius 2 is 2.33 bits per heavy atom. The first-order valence-corrected chi connectivity index (χ1v) is 4.10. The van der Waals surface area contributed by atoms with E-state index < -0.39 is 11.6 Å². The quantitative estimate of drug-likeness (QED) is 0.571. The van der Waals surface area contributed by atoms with E-state index in [4.69, 9.17) is 0 Å². The number of carbonyl (C=O) groups excluding carboxylic acids is 1. The number of methoxy groups -OCH3 is 1. The molecule has 0 aromatic rings. The molecule has 0 bridgehead atoms. The van der Waals surface area contributed by atoms with E-state index in [1.54, 1.807) is 0 Å². The van der Waals surface area contributed by atoms with Gasteiger partial charge in [-0.25, -0.2) is 4.79 Å². The Labute approximate surface area is 71.9 Å². The van der Waals surface area contributed by atoms with Crippen molar-refractivity contribution < 1.29 is 14.6 Å². The molecule has 1 fully saturated rings.